The highest BCUT2D eigenvalue weighted by Crippen LogP contribution is 2.39. The number of methoxy groups -OCH3 is 1. The molecule has 0 aliphatic heterocycles. The predicted molar refractivity (Wildman–Crippen MR) is 74.9 cm³/mol. The summed E-state index contributed by atoms with van der Waals surface area (Å²) in [5.74, 6) is 0.358. The fourth-order valence-electron chi connectivity index (χ4n) is 2.57. The second kappa shape index (κ2) is 5.11. The highest BCUT2D eigenvalue weighted by molar-refractivity contribution is 5.73. The van der Waals surface area contributed by atoms with E-state index in [0.717, 1.165) is 41.1 Å². The number of ether oxygens (including phenoxy) is 1. The Labute approximate surface area is 113 Å². The van der Waals surface area contributed by atoms with Crippen molar-refractivity contribution in [3.8, 4) is 5.75 Å². The molecule has 1 aromatic carbocycles. The summed E-state index contributed by atoms with van der Waals surface area (Å²) in [6.45, 7) is 6.85. The van der Waals surface area contributed by atoms with Crippen LogP contribution in [0, 0.1) is 32.6 Å². The van der Waals surface area contributed by atoms with Crippen LogP contribution in [0.3, 0.4) is 0 Å². The second-order valence-electron chi connectivity index (χ2n) is 5.35. The van der Waals surface area contributed by atoms with E-state index in [1.54, 1.807) is 7.11 Å². The Morgan fingerprint density at radius 1 is 1.42 bits per heavy atom. The summed E-state index contributed by atoms with van der Waals surface area (Å²) in [7, 11) is 1.68. The summed E-state index contributed by atoms with van der Waals surface area (Å²) >= 11 is 0. The summed E-state index contributed by atoms with van der Waals surface area (Å²) in [5, 5.41) is 12.3. The van der Waals surface area contributed by atoms with E-state index in [1.807, 2.05) is 13.8 Å². The minimum atomic E-state index is -0.675. The molecule has 1 aliphatic rings. The predicted octanol–water partition coefficient (Wildman–Crippen LogP) is 2.75. The van der Waals surface area contributed by atoms with Crippen LogP contribution in [0.2, 0.25) is 0 Å². The van der Waals surface area contributed by atoms with Crippen LogP contribution in [0.5, 0.6) is 5.75 Å². The lowest BCUT2D eigenvalue weighted by atomic mass is 10.0. The maximum Gasteiger partial charge on any atom is 0.306 e. The van der Waals surface area contributed by atoms with Crippen molar-refractivity contribution in [1.82, 2.24) is 0 Å². The fraction of sp³-hybridized carbons (Fsp3) is 0.533. The van der Waals surface area contributed by atoms with Gasteiger partial charge in [0.2, 0.25) is 0 Å². The normalized spacial score (nSPS) is 21.1. The quantitative estimate of drug-likeness (QED) is 0.857. The van der Waals surface area contributed by atoms with Gasteiger partial charge >= 0.3 is 5.97 Å². The molecule has 0 radical (unpaired) electrons. The molecule has 19 heavy (non-hydrogen) atoms. The molecule has 0 aromatic heterocycles. The molecule has 0 bridgehead atoms. The number of rotatable bonds is 5. The lowest BCUT2D eigenvalue weighted by Gasteiger charge is -2.16. The smallest absolute Gasteiger partial charge is 0.306 e. The molecule has 2 N–H and O–H groups in total. The highest BCUT2D eigenvalue weighted by Gasteiger charge is 2.42. The molecular weight excluding hydrogens is 242 g/mol. The number of aryl methyl sites for hydroxylation is 1. The lowest BCUT2D eigenvalue weighted by Crippen LogP contribution is -2.10. The maximum absolute atomic E-state index is 10.8. The van der Waals surface area contributed by atoms with Crippen molar-refractivity contribution in [2.45, 2.75) is 27.2 Å². The van der Waals surface area contributed by atoms with Gasteiger partial charge in [0, 0.05) is 12.2 Å². The molecular formula is C15H21NO3. The largest absolute Gasteiger partial charge is 0.496 e. The van der Waals surface area contributed by atoms with Gasteiger partial charge in [-0.25, -0.2) is 0 Å². The summed E-state index contributed by atoms with van der Waals surface area (Å²) in [6.07, 6.45) is 0.787. The number of benzene rings is 1. The fourth-order valence-corrected chi connectivity index (χ4v) is 2.57. The number of hydrogen-bond donors (Lipinski definition) is 2. The summed E-state index contributed by atoms with van der Waals surface area (Å²) in [5.41, 5.74) is 4.47. The number of anilines is 1. The molecule has 1 aromatic rings. The van der Waals surface area contributed by atoms with E-state index in [1.165, 1.54) is 0 Å². The topological polar surface area (TPSA) is 58.6 Å². The van der Waals surface area contributed by atoms with Crippen molar-refractivity contribution in [3.63, 3.8) is 0 Å². The Morgan fingerprint density at radius 3 is 2.63 bits per heavy atom. The second-order valence-corrected chi connectivity index (χ2v) is 5.35. The van der Waals surface area contributed by atoms with Crippen LogP contribution in [0.15, 0.2) is 6.07 Å². The first-order valence-corrected chi connectivity index (χ1v) is 6.57. The van der Waals surface area contributed by atoms with E-state index in [9.17, 15) is 4.79 Å². The molecule has 2 unspecified atom stereocenters. The van der Waals surface area contributed by atoms with Crippen LogP contribution >= 0.6 is 0 Å². The molecule has 0 spiro atoms. The third-order valence-electron chi connectivity index (χ3n) is 4.02. The van der Waals surface area contributed by atoms with Gasteiger partial charge in [-0.15, -0.1) is 0 Å². The average molecular weight is 263 g/mol. The van der Waals surface area contributed by atoms with Crippen LogP contribution in [0.25, 0.3) is 0 Å². The third kappa shape index (κ3) is 2.67. The Kier molecular flexibility index (Phi) is 3.69. The van der Waals surface area contributed by atoms with Crippen molar-refractivity contribution >= 4 is 11.7 Å². The van der Waals surface area contributed by atoms with Crippen molar-refractivity contribution in [3.05, 3.63) is 22.8 Å². The van der Waals surface area contributed by atoms with Gasteiger partial charge in [0.25, 0.3) is 0 Å². The van der Waals surface area contributed by atoms with Gasteiger partial charge in [-0.2, -0.15) is 0 Å². The molecule has 1 aliphatic carbocycles. The van der Waals surface area contributed by atoms with Crippen molar-refractivity contribution in [2.24, 2.45) is 11.8 Å². The molecule has 1 fully saturated rings. The number of carboxylic acids is 1. The minimum absolute atomic E-state index is 0.159. The summed E-state index contributed by atoms with van der Waals surface area (Å²) in [6, 6.07) is 2.07. The first-order valence-electron chi connectivity index (χ1n) is 6.57. The zero-order valence-electron chi connectivity index (χ0n) is 11.9. The first-order chi connectivity index (χ1) is 8.95. The van der Waals surface area contributed by atoms with Crippen LogP contribution in [0.4, 0.5) is 5.69 Å². The van der Waals surface area contributed by atoms with Gasteiger partial charge in [-0.05, 0) is 55.9 Å². The van der Waals surface area contributed by atoms with Gasteiger partial charge in [0.15, 0.2) is 0 Å². The van der Waals surface area contributed by atoms with Gasteiger partial charge in [0.05, 0.1) is 13.0 Å². The van der Waals surface area contributed by atoms with E-state index in [2.05, 4.69) is 18.3 Å². The SMILES string of the molecule is COc1c(C)cc(NCC2CC2C(=O)O)c(C)c1C. The van der Waals surface area contributed by atoms with E-state index >= 15 is 0 Å². The standard InChI is InChI=1S/C15H21NO3/c1-8-5-13(9(2)10(3)14(8)19-4)16-7-11-6-12(11)15(17)18/h5,11-12,16H,6-7H2,1-4H3,(H,17,18). The molecule has 104 valence electrons. The Morgan fingerprint density at radius 2 is 2.11 bits per heavy atom. The third-order valence-corrected chi connectivity index (χ3v) is 4.02. The Balaban J connectivity index is 2.07. The number of hydrogen-bond acceptors (Lipinski definition) is 3. The molecule has 2 atom stereocenters. The molecule has 0 saturated heterocycles. The van der Waals surface area contributed by atoms with E-state index in [0.29, 0.717) is 0 Å². The van der Waals surface area contributed by atoms with Crippen LogP contribution in [-0.2, 0) is 4.79 Å². The van der Waals surface area contributed by atoms with E-state index < -0.39 is 5.97 Å². The molecule has 4 heteroatoms. The van der Waals surface area contributed by atoms with Crippen LogP contribution in [-0.4, -0.2) is 24.7 Å². The van der Waals surface area contributed by atoms with Crippen molar-refractivity contribution in [2.75, 3.05) is 19.0 Å². The Bertz CT molecular complexity index is 511. The molecule has 2 rings (SSSR count). The molecule has 0 heterocycles. The number of carbonyl (C=O) groups is 1. The summed E-state index contributed by atoms with van der Waals surface area (Å²) in [4.78, 5) is 10.8. The first kappa shape index (κ1) is 13.7. The molecule has 4 nitrogen and oxygen atoms in total. The zero-order valence-corrected chi connectivity index (χ0v) is 11.9. The van der Waals surface area contributed by atoms with Crippen molar-refractivity contribution < 1.29 is 14.6 Å². The zero-order chi connectivity index (χ0) is 14.2. The van der Waals surface area contributed by atoms with Crippen LogP contribution < -0.4 is 10.1 Å². The van der Waals surface area contributed by atoms with E-state index in [-0.39, 0.29) is 11.8 Å². The number of carboxylic acid groups (broad SMARTS) is 1. The minimum Gasteiger partial charge on any atom is -0.496 e. The maximum atomic E-state index is 10.8. The lowest BCUT2D eigenvalue weighted by molar-refractivity contribution is -0.138. The number of nitrogens with one attached hydrogen (secondary N) is 1. The average Bonchev–Trinajstić information content (AvgIpc) is 3.12. The van der Waals surface area contributed by atoms with Crippen molar-refractivity contribution in [1.29, 1.82) is 0 Å². The highest BCUT2D eigenvalue weighted by atomic mass is 16.5. The summed E-state index contributed by atoms with van der Waals surface area (Å²) < 4.78 is 5.39. The van der Waals surface area contributed by atoms with Gasteiger partial charge < -0.3 is 15.2 Å². The van der Waals surface area contributed by atoms with Gasteiger partial charge in [-0.3, -0.25) is 4.79 Å². The number of aliphatic carboxylic acids is 1. The Hall–Kier alpha value is -1.71. The van der Waals surface area contributed by atoms with E-state index in [4.69, 9.17) is 9.84 Å². The van der Waals surface area contributed by atoms with Crippen LogP contribution in [0.1, 0.15) is 23.1 Å². The monoisotopic (exact) mass is 263 g/mol. The van der Waals surface area contributed by atoms with Gasteiger partial charge in [0.1, 0.15) is 5.75 Å². The molecule has 0 amide bonds. The van der Waals surface area contributed by atoms with Gasteiger partial charge in [-0.1, -0.05) is 0 Å². The molecule has 1 saturated carbocycles.